The number of aliphatic hydroxyl groups is 2. The average molecular weight is 410 g/mol. The first-order valence-corrected chi connectivity index (χ1v) is 10.0. The lowest BCUT2D eigenvalue weighted by molar-refractivity contribution is -0.0942. The van der Waals surface area contributed by atoms with Crippen molar-refractivity contribution in [2.45, 2.75) is 36.7 Å². The third-order valence-corrected chi connectivity index (χ3v) is 5.89. The number of benzene rings is 1. The number of hydrogen-bond donors (Lipinski definition) is 5. The van der Waals surface area contributed by atoms with Gasteiger partial charge in [-0.1, -0.05) is 30.3 Å². The van der Waals surface area contributed by atoms with Crippen LogP contribution in [0.2, 0.25) is 0 Å². The monoisotopic (exact) mass is 410 g/mol. The molecule has 150 valence electrons. The van der Waals surface area contributed by atoms with E-state index >= 15 is 0 Å². The molecule has 6 N–H and O–H groups in total. The molecule has 0 spiro atoms. The Bertz CT molecular complexity index is 986. The predicted octanol–water partition coefficient (Wildman–Crippen LogP) is -0.896. The van der Waals surface area contributed by atoms with E-state index in [4.69, 9.17) is 15.0 Å². The van der Waals surface area contributed by atoms with E-state index in [0.29, 0.717) is 0 Å². The van der Waals surface area contributed by atoms with E-state index in [1.807, 2.05) is 6.07 Å². The molecule has 6 atom stereocenters. The van der Waals surface area contributed by atoms with Crippen LogP contribution in [0.4, 0.5) is 5.82 Å². The smallest absolute Gasteiger partial charge is 0.385 e. The van der Waals surface area contributed by atoms with Gasteiger partial charge in [-0.3, -0.25) is 9.09 Å². The number of hydrogen-bond acceptors (Lipinski definition) is 8. The number of rotatable bonds is 6. The van der Waals surface area contributed by atoms with E-state index in [1.165, 1.54) is 12.3 Å². The van der Waals surface area contributed by atoms with Crippen molar-refractivity contribution in [1.82, 2.24) is 14.6 Å². The van der Waals surface area contributed by atoms with Gasteiger partial charge in [-0.05, 0) is 11.6 Å². The molecule has 28 heavy (non-hydrogen) atoms. The highest BCUT2D eigenvalue weighted by Crippen LogP contribution is 2.59. The van der Waals surface area contributed by atoms with Crippen LogP contribution in [0.25, 0.3) is 0 Å². The fraction of sp³-hybridized carbons (Fsp3) is 0.375. The van der Waals surface area contributed by atoms with Crippen molar-refractivity contribution in [2.24, 2.45) is 0 Å². The minimum absolute atomic E-state index is 0.00419. The van der Waals surface area contributed by atoms with Crippen LogP contribution >= 0.6 is 7.75 Å². The van der Waals surface area contributed by atoms with Gasteiger partial charge in [-0.25, -0.2) is 14.4 Å². The molecule has 0 bridgehead atoms. The molecule has 1 aliphatic heterocycles. The fourth-order valence-corrected chi connectivity index (χ4v) is 4.30. The molecular weight excluding hydrogens is 391 g/mol. The largest absolute Gasteiger partial charge is 0.403 e. The Hall–Kier alpha value is -2.11. The molecule has 2 fully saturated rings. The van der Waals surface area contributed by atoms with Crippen LogP contribution in [0, 0.1) is 0 Å². The van der Waals surface area contributed by atoms with Gasteiger partial charge in [0.2, 0.25) is 0 Å². The quantitative estimate of drug-likeness (QED) is 0.376. The molecule has 0 radical (unpaired) electrons. The van der Waals surface area contributed by atoms with Crippen molar-refractivity contribution >= 4 is 13.6 Å². The van der Waals surface area contributed by atoms with Crippen LogP contribution in [0.15, 0.2) is 47.4 Å². The average Bonchev–Trinajstić information content (AvgIpc) is 3.09. The van der Waals surface area contributed by atoms with Gasteiger partial charge >= 0.3 is 13.4 Å². The van der Waals surface area contributed by atoms with Gasteiger partial charge in [-0.2, -0.15) is 4.98 Å². The van der Waals surface area contributed by atoms with Crippen LogP contribution < -0.4 is 16.5 Å². The molecule has 11 nitrogen and oxygen atoms in total. The number of ether oxygens (including phenoxy) is 1. The highest BCUT2D eigenvalue weighted by Gasteiger charge is 2.79. The van der Waals surface area contributed by atoms with E-state index in [0.717, 1.165) is 10.1 Å². The van der Waals surface area contributed by atoms with Crippen LogP contribution in [-0.2, 0) is 20.4 Å². The Kier molecular flexibility index (Phi) is 4.63. The lowest BCUT2D eigenvalue weighted by Gasteiger charge is -2.24. The maximum Gasteiger partial charge on any atom is 0.403 e. The Labute approximate surface area is 158 Å². The fourth-order valence-electron chi connectivity index (χ4n) is 3.26. The molecule has 2 aromatic rings. The van der Waals surface area contributed by atoms with Gasteiger partial charge in [0, 0.05) is 12.7 Å². The third-order valence-electron chi connectivity index (χ3n) is 4.82. The number of nitrogen functional groups attached to an aromatic ring is 1. The number of aliphatic hydroxyl groups excluding tert-OH is 1. The van der Waals surface area contributed by atoms with Gasteiger partial charge in [0.05, 0.1) is 0 Å². The molecular formula is C16H19N4O7P. The number of fused-ring (bicyclic) bond motifs is 1. The number of nitrogens with zero attached hydrogens (tertiary/aromatic N) is 2. The Morgan fingerprint density at radius 1 is 1.36 bits per heavy atom. The second-order valence-corrected chi connectivity index (χ2v) is 8.26. The van der Waals surface area contributed by atoms with Gasteiger partial charge in [0.25, 0.3) is 0 Å². The van der Waals surface area contributed by atoms with E-state index in [-0.39, 0.29) is 12.4 Å². The summed E-state index contributed by atoms with van der Waals surface area (Å²) in [5.74, 6) is 0.00419. The molecule has 1 aromatic heterocycles. The minimum atomic E-state index is -4.28. The zero-order valence-electron chi connectivity index (χ0n) is 14.5. The maximum absolute atomic E-state index is 12.3. The van der Waals surface area contributed by atoms with E-state index in [9.17, 15) is 24.5 Å². The molecule has 12 heteroatoms. The van der Waals surface area contributed by atoms with Gasteiger partial charge < -0.3 is 25.6 Å². The first-order valence-electron chi connectivity index (χ1n) is 8.43. The number of aromatic nitrogens is 2. The third kappa shape index (κ3) is 3.27. The Morgan fingerprint density at radius 3 is 2.68 bits per heavy atom. The first-order chi connectivity index (χ1) is 13.2. The van der Waals surface area contributed by atoms with Crippen molar-refractivity contribution in [3.05, 3.63) is 58.6 Å². The van der Waals surface area contributed by atoms with Crippen molar-refractivity contribution in [3.63, 3.8) is 0 Å². The zero-order chi connectivity index (χ0) is 20.1. The maximum atomic E-state index is 12.3. The zero-order valence-corrected chi connectivity index (χ0v) is 15.3. The SMILES string of the molecule is Nc1ccn([C@@H]2O[C@@H]3C(OP(=O)(O)NCc4ccccc4)[C@]3(O)[C@@H]2O)c(=O)n1. The van der Waals surface area contributed by atoms with Gasteiger partial charge in [0.1, 0.15) is 24.1 Å². The van der Waals surface area contributed by atoms with Gasteiger partial charge in [-0.15, -0.1) is 0 Å². The van der Waals surface area contributed by atoms with Crippen LogP contribution in [-0.4, -0.2) is 48.6 Å². The molecule has 1 aliphatic carbocycles. The summed E-state index contributed by atoms with van der Waals surface area (Å²) in [7, 11) is -4.28. The molecule has 1 aromatic carbocycles. The van der Waals surface area contributed by atoms with Crippen molar-refractivity contribution in [3.8, 4) is 0 Å². The standard InChI is InChI=1S/C16H19N4O7P/c17-10-6-7-20(15(22)19-10)14-11(21)16(23)12(26-14)13(16)27-28(24,25)18-8-9-4-2-1-3-5-9/h1-7,11-14,21,23H,8H2,(H2,17,19,22)(H2,18,24,25)/t11-,12-,13?,14-,16+/m1/s1. The van der Waals surface area contributed by atoms with Gasteiger partial charge in [0.15, 0.2) is 11.8 Å². The molecule has 2 unspecified atom stereocenters. The summed E-state index contributed by atoms with van der Waals surface area (Å²) in [6.07, 6.45) is -3.81. The van der Waals surface area contributed by atoms with Crippen molar-refractivity contribution < 1.29 is 28.9 Å². The molecule has 2 heterocycles. The van der Waals surface area contributed by atoms with Crippen LogP contribution in [0.1, 0.15) is 11.8 Å². The normalized spacial score (nSPS) is 33.2. The van der Waals surface area contributed by atoms with Crippen molar-refractivity contribution in [2.75, 3.05) is 5.73 Å². The molecule has 4 rings (SSSR count). The van der Waals surface area contributed by atoms with E-state index in [1.54, 1.807) is 24.3 Å². The summed E-state index contributed by atoms with van der Waals surface area (Å²) in [5.41, 5.74) is 3.51. The first kappa shape index (κ1) is 19.2. The second-order valence-electron chi connectivity index (χ2n) is 6.69. The number of nitrogens with one attached hydrogen (secondary N) is 1. The Balaban J connectivity index is 1.41. The number of nitrogens with two attached hydrogens (primary N) is 1. The lowest BCUT2D eigenvalue weighted by Crippen LogP contribution is -2.41. The topological polar surface area (TPSA) is 169 Å². The molecule has 0 amide bonds. The van der Waals surface area contributed by atoms with Crippen LogP contribution in [0.3, 0.4) is 0 Å². The summed E-state index contributed by atoms with van der Waals surface area (Å²) >= 11 is 0. The highest BCUT2D eigenvalue weighted by atomic mass is 31.2. The summed E-state index contributed by atoms with van der Waals surface area (Å²) in [5, 5.41) is 23.4. The number of anilines is 1. The predicted molar refractivity (Wildman–Crippen MR) is 95.8 cm³/mol. The second kappa shape index (κ2) is 6.75. The molecule has 2 aliphatic rings. The lowest BCUT2D eigenvalue weighted by atomic mass is 10.1. The molecule has 1 saturated heterocycles. The van der Waals surface area contributed by atoms with Crippen LogP contribution in [0.5, 0.6) is 0 Å². The molecule has 1 saturated carbocycles. The van der Waals surface area contributed by atoms with E-state index in [2.05, 4.69) is 10.1 Å². The van der Waals surface area contributed by atoms with Crippen molar-refractivity contribution in [1.29, 1.82) is 0 Å². The minimum Gasteiger partial charge on any atom is -0.385 e. The summed E-state index contributed by atoms with van der Waals surface area (Å²) in [6.45, 7) is 0.0724. The summed E-state index contributed by atoms with van der Waals surface area (Å²) < 4.78 is 23.8. The van der Waals surface area contributed by atoms with E-state index < -0.39 is 43.6 Å². The summed E-state index contributed by atoms with van der Waals surface area (Å²) in [6, 6.07) is 10.3. The highest BCUT2D eigenvalue weighted by molar-refractivity contribution is 7.50. The summed E-state index contributed by atoms with van der Waals surface area (Å²) in [4.78, 5) is 25.4. The Morgan fingerprint density at radius 2 is 2.07 bits per heavy atom.